The summed E-state index contributed by atoms with van der Waals surface area (Å²) in [6, 6.07) is 10.7. The van der Waals surface area contributed by atoms with Crippen LogP contribution < -0.4 is 0 Å². The molecule has 0 bridgehead atoms. The van der Waals surface area contributed by atoms with Crippen molar-refractivity contribution < 1.29 is 22.3 Å². The number of hydrogen-bond acceptors (Lipinski definition) is 1. The second-order valence-corrected chi connectivity index (χ2v) is 9.78. The highest BCUT2D eigenvalue weighted by Crippen LogP contribution is 2.39. The molecule has 5 heteroatoms. The summed E-state index contributed by atoms with van der Waals surface area (Å²) in [5, 5.41) is 0. The van der Waals surface area contributed by atoms with Gasteiger partial charge in [-0.3, -0.25) is 0 Å². The quantitative estimate of drug-likeness (QED) is 0.207. The van der Waals surface area contributed by atoms with Crippen molar-refractivity contribution in [3.05, 3.63) is 94.8 Å². The number of rotatable bonds is 12. The van der Waals surface area contributed by atoms with Crippen LogP contribution in [0.25, 0.3) is 0 Å². The van der Waals surface area contributed by atoms with E-state index >= 15 is 0 Å². The van der Waals surface area contributed by atoms with Gasteiger partial charge in [0.25, 0.3) is 0 Å². The highest BCUT2D eigenvalue weighted by atomic mass is 19.3. The summed E-state index contributed by atoms with van der Waals surface area (Å²) in [4.78, 5) is 0. The van der Waals surface area contributed by atoms with Gasteiger partial charge in [0.2, 0.25) is 6.17 Å². The second kappa shape index (κ2) is 13.8. The van der Waals surface area contributed by atoms with E-state index in [9.17, 15) is 17.6 Å². The molecule has 3 rings (SSSR count). The lowest BCUT2D eigenvalue weighted by molar-refractivity contribution is -0.282. The molecule has 1 atom stereocenters. The molecular formula is C31H38F4O. The number of benzene rings is 2. The van der Waals surface area contributed by atoms with Crippen LogP contribution in [-0.4, -0.2) is 6.11 Å². The summed E-state index contributed by atoms with van der Waals surface area (Å²) in [7, 11) is 0. The van der Waals surface area contributed by atoms with Crippen molar-refractivity contribution in [2.75, 3.05) is 0 Å². The Bertz CT molecular complexity index is 988. The van der Waals surface area contributed by atoms with Crippen molar-refractivity contribution in [1.29, 1.82) is 0 Å². The minimum absolute atomic E-state index is 0.00462. The average molecular weight is 503 g/mol. The third kappa shape index (κ3) is 8.06. The van der Waals surface area contributed by atoms with Crippen LogP contribution in [0.15, 0.2) is 66.8 Å². The molecule has 36 heavy (non-hydrogen) atoms. The largest absolute Gasteiger partial charge is 0.391 e. The Morgan fingerprint density at radius 2 is 1.61 bits per heavy atom. The van der Waals surface area contributed by atoms with Gasteiger partial charge in [-0.05, 0) is 99.8 Å². The van der Waals surface area contributed by atoms with E-state index in [1.807, 2.05) is 26.0 Å². The smallest absolute Gasteiger partial charge is 0.313 e. The lowest BCUT2D eigenvalue weighted by Gasteiger charge is -2.29. The van der Waals surface area contributed by atoms with Crippen molar-refractivity contribution in [2.45, 2.75) is 90.0 Å². The first-order valence-electron chi connectivity index (χ1n) is 13.1. The molecule has 0 radical (unpaired) electrons. The van der Waals surface area contributed by atoms with Gasteiger partial charge in [-0.2, -0.15) is 8.78 Å². The fraction of sp³-hybridized carbons (Fsp3) is 0.484. The lowest BCUT2D eigenvalue weighted by atomic mass is 9.77. The molecule has 0 amide bonds. The van der Waals surface area contributed by atoms with Crippen LogP contribution >= 0.6 is 0 Å². The van der Waals surface area contributed by atoms with Crippen molar-refractivity contribution in [1.82, 2.24) is 0 Å². The van der Waals surface area contributed by atoms with Gasteiger partial charge in [-0.25, -0.2) is 8.78 Å². The van der Waals surface area contributed by atoms with Crippen molar-refractivity contribution in [3.63, 3.8) is 0 Å². The molecule has 1 aliphatic carbocycles. The maximum absolute atomic E-state index is 14.7. The Labute approximate surface area is 213 Å². The topological polar surface area (TPSA) is 9.23 Å². The summed E-state index contributed by atoms with van der Waals surface area (Å²) >= 11 is 0. The van der Waals surface area contributed by atoms with Gasteiger partial charge in [-0.1, -0.05) is 60.7 Å². The van der Waals surface area contributed by atoms with E-state index in [-0.39, 0.29) is 17.0 Å². The zero-order chi connectivity index (χ0) is 26.0. The number of ether oxygens (including phenoxy) is 1. The molecule has 0 spiro atoms. The van der Waals surface area contributed by atoms with Gasteiger partial charge in [-0.15, -0.1) is 0 Å². The monoisotopic (exact) mass is 502 g/mol. The van der Waals surface area contributed by atoms with Gasteiger partial charge in [0.05, 0.1) is 6.61 Å². The molecule has 196 valence electrons. The standard InChI is InChI=1S/C31H38F4O/c1-3-5-7-9-23-11-15-25(16-12-23)27-19-20-28(29(32)21-27)22-36-31(34,35)30(33)26-17-13-24(14-18-26)10-8-6-4-2/h3-6,13-14,17-21,23,25,30H,7-12,15-16,22H2,1-2H3/b5-3+,6-4+. The molecule has 0 heterocycles. The zero-order valence-corrected chi connectivity index (χ0v) is 21.4. The maximum atomic E-state index is 14.7. The second-order valence-electron chi connectivity index (χ2n) is 9.78. The molecule has 1 fully saturated rings. The first-order chi connectivity index (χ1) is 17.3. The Kier molecular flexibility index (Phi) is 10.8. The highest BCUT2D eigenvalue weighted by Gasteiger charge is 2.43. The fourth-order valence-electron chi connectivity index (χ4n) is 4.93. The number of alkyl halides is 3. The maximum Gasteiger partial charge on any atom is 0.391 e. The van der Waals surface area contributed by atoms with Crippen LogP contribution in [0.1, 0.15) is 93.1 Å². The first kappa shape index (κ1) is 28.2. The lowest BCUT2D eigenvalue weighted by Crippen LogP contribution is -2.27. The average Bonchev–Trinajstić information content (AvgIpc) is 2.88. The predicted octanol–water partition coefficient (Wildman–Crippen LogP) is 9.78. The molecule has 0 aromatic heterocycles. The minimum Gasteiger partial charge on any atom is -0.313 e. The summed E-state index contributed by atoms with van der Waals surface area (Å²) in [6.45, 7) is 3.26. The predicted molar refractivity (Wildman–Crippen MR) is 138 cm³/mol. The summed E-state index contributed by atoms with van der Waals surface area (Å²) in [5.41, 5.74) is 1.68. The normalized spacial score (nSPS) is 19.8. The van der Waals surface area contributed by atoms with Crippen molar-refractivity contribution >= 4 is 0 Å². The third-order valence-electron chi connectivity index (χ3n) is 7.20. The van der Waals surface area contributed by atoms with E-state index in [4.69, 9.17) is 0 Å². The molecule has 1 aliphatic rings. The minimum atomic E-state index is -4.07. The van der Waals surface area contributed by atoms with Gasteiger partial charge in [0.1, 0.15) is 5.82 Å². The van der Waals surface area contributed by atoms with Crippen LogP contribution in [0.2, 0.25) is 0 Å². The van der Waals surface area contributed by atoms with Crippen LogP contribution in [0, 0.1) is 11.7 Å². The molecule has 0 saturated heterocycles. The molecule has 1 saturated carbocycles. The Hall–Kier alpha value is -2.40. The van der Waals surface area contributed by atoms with E-state index in [1.54, 1.807) is 18.2 Å². The van der Waals surface area contributed by atoms with Gasteiger partial charge in [0, 0.05) is 5.56 Å². The van der Waals surface area contributed by atoms with Gasteiger partial charge >= 0.3 is 6.11 Å². The molecular weight excluding hydrogens is 464 g/mol. The van der Waals surface area contributed by atoms with Gasteiger partial charge < -0.3 is 4.74 Å². The molecule has 1 unspecified atom stereocenters. The zero-order valence-electron chi connectivity index (χ0n) is 21.4. The van der Waals surface area contributed by atoms with E-state index < -0.39 is 24.7 Å². The molecule has 2 aromatic rings. The molecule has 2 aromatic carbocycles. The van der Waals surface area contributed by atoms with Crippen LogP contribution in [0.5, 0.6) is 0 Å². The highest BCUT2D eigenvalue weighted by molar-refractivity contribution is 5.28. The number of allylic oxidation sites excluding steroid dienone is 4. The fourth-order valence-corrected chi connectivity index (χ4v) is 4.93. The first-order valence-corrected chi connectivity index (χ1v) is 13.1. The SMILES string of the molecule is C/C=C/CCc1ccc(C(F)C(F)(F)OCc2ccc(C3CCC(CC/C=C/C)CC3)cc2F)cc1. The van der Waals surface area contributed by atoms with Crippen molar-refractivity contribution in [3.8, 4) is 0 Å². The Balaban J connectivity index is 1.53. The van der Waals surface area contributed by atoms with E-state index in [2.05, 4.69) is 16.9 Å². The summed E-state index contributed by atoms with van der Waals surface area (Å²) < 4.78 is 62.8. The van der Waals surface area contributed by atoms with Crippen LogP contribution in [0.4, 0.5) is 17.6 Å². The third-order valence-corrected chi connectivity index (χ3v) is 7.20. The number of halogens is 4. The summed E-state index contributed by atoms with van der Waals surface area (Å²) in [5.74, 6) is 0.407. The van der Waals surface area contributed by atoms with Gasteiger partial charge in [0.15, 0.2) is 0 Å². The molecule has 1 nitrogen and oxygen atoms in total. The summed E-state index contributed by atoms with van der Waals surface area (Å²) in [6.07, 6.45) is 9.65. The number of aryl methyl sites for hydroxylation is 1. The number of hydrogen-bond donors (Lipinski definition) is 0. The Morgan fingerprint density at radius 3 is 2.25 bits per heavy atom. The molecule has 0 N–H and O–H groups in total. The Morgan fingerprint density at radius 1 is 0.944 bits per heavy atom. The van der Waals surface area contributed by atoms with Crippen LogP contribution in [-0.2, 0) is 17.8 Å². The van der Waals surface area contributed by atoms with E-state index in [1.165, 1.54) is 30.7 Å². The van der Waals surface area contributed by atoms with Crippen molar-refractivity contribution in [2.24, 2.45) is 5.92 Å². The van der Waals surface area contributed by atoms with Crippen LogP contribution in [0.3, 0.4) is 0 Å². The van der Waals surface area contributed by atoms with E-state index in [0.29, 0.717) is 5.92 Å². The van der Waals surface area contributed by atoms with E-state index in [0.717, 1.165) is 56.1 Å². The molecule has 0 aliphatic heterocycles.